The van der Waals surface area contributed by atoms with Crippen molar-refractivity contribution in [3.8, 4) is 5.69 Å². The number of Topliss-reactive ketones (excluding diaryl/α,β-unsaturated/α-hetero) is 1. The predicted octanol–water partition coefficient (Wildman–Crippen LogP) is 2.53. The Morgan fingerprint density at radius 3 is 2.38 bits per heavy atom. The van der Waals surface area contributed by atoms with E-state index in [4.69, 9.17) is 0 Å². The second-order valence-electron chi connectivity index (χ2n) is 6.48. The van der Waals surface area contributed by atoms with Crippen molar-refractivity contribution in [3.05, 3.63) is 64.2 Å². The quantitative estimate of drug-likeness (QED) is 0.662. The van der Waals surface area contributed by atoms with Gasteiger partial charge in [0.15, 0.2) is 5.69 Å². The van der Waals surface area contributed by atoms with E-state index in [0.29, 0.717) is 5.57 Å². The second kappa shape index (κ2) is 7.99. The Balaban J connectivity index is 1.87. The predicted molar refractivity (Wildman–Crippen MR) is 103 cm³/mol. The van der Waals surface area contributed by atoms with Crippen molar-refractivity contribution in [1.82, 2.24) is 15.1 Å². The third kappa shape index (κ3) is 3.85. The Hall–Kier alpha value is -2.89. The molecule has 1 fully saturated rings. The topological polar surface area (TPSA) is 67.2 Å². The minimum absolute atomic E-state index is 0.0726. The number of carbonyl (C=O) groups is 1. The van der Waals surface area contributed by atoms with E-state index in [2.05, 4.69) is 27.4 Å². The number of hydrogen-bond donors (Lipinski definition) is 1. The molecule has 6 nitrogen and oxygen atoms in total. The lowest BCUT2D eigenvalue weighted by Gasteiger charge is -2.28. The third-order valence-electron chi connectivity index (χ3n) is 4.58. The largest absolute Gasteiger partial charge is 0.394 e. The van der Waals surface area contributed by atoms with Gasteiger partial charge in [-0.25, -0.2) is 4.68 Å². The number of benzene rings is 1. The highest BCUT2D eigenvalue weighted by molar-refractivity contribution is 6.06. The van der Waals surface area contributed by atoms with Gasteiger partial charge in [-0.05, 0) is 50.5 Å². The van der Waals surface area contributed by atoms with E-state index in [1.807, 2.05) is 12.1 Å². The van der Waals surface area contributed by atoms with Crippen LogP contribution in [0.15, 0.2) is 53.1 Å². The Bertz CT molecular complexity index is 862. The van der Waals surface area contributed by atoms with Crippen LogP contribution >= 0.6 is 0 Å². The summed E-state index contributed by atoms with van der Waals surface area (Å²) < 4.78 is 1.57. The summed E-state index contributed by atoms with van der Waals surface area (Å²) in [7, 11) is 1.71. The summed E-state index contributed by atoms with van der Waals surface area (Å²) in [5, 5.41) is 7.06. The Labute approximate surface area is 153 Å². The molecule has 0 unspecified atom stereocenters. The van der Waals surface area contributed by atoms with Gasteiger partial charge in [-0.1, -0.05) is 0 Å². The molecule has 6 heteroatoms. The number of nitrogens with zero attached hydrogens (tertiary/aromatic N) is 3. The maximum absolute atomic E-state index is 12.4. The lowest BCUT2D eigenvalue weighted by Crippen LogP contribution is -2.29. The third-order valence-corrected chi connectivity index (χ3v) is 4.58. The van der Waals surface area contributed by atoms with Crippen LogP contribution in [-0.4, -0.2) is 35.7 Å². The van der Waals surface area contributed by atoms with Crippen LogP contribution in [0.4, 0.5) is 5.69 Å². The molecule has 1 aliphatic heterocycles. The van der Waals surface area contributed by atoms with Gasteiger partial charge in [0.25, 0.3) is 0 Å². The van der Waals surface area contributed by atoms with Crippen LogP contribution in [0.5, 0.6) is 0 Å². The monoisotopic (exact) mass is 352 g/mol. The minimum Gasteiger partial charge on any atom is -0.394 e. The first kappa shape index (κ1) is 17.9. The summed E-state index contributed by atoms with van der Waals surface area (Å²) in [6.07, 6.45) is 6.91. The van der Waals surface area contributed by atoms with E-state index in [9.17, 15) is 9.59 Å². The van der Waals surface area contributed by atoms with Gasteiger partial charge in [-0.3, -0.25) is 9.59 Å². The molecule has 0 radical (unpaired) electrons. The first-order valence-electron chi connectivity index (χ1n) is 8.94. The molecule has 2 heterocycles. The van der Waals surface area contributed by atoms with Gasteiger partial charge in [-0.15, -0.1) is 0 Å². The number of carbonyl (C=O) groups excluding carboxylic acids is 1. The maximum Gasteiger partial charge on any atom is 0.214 e. The minimum atomic E-state index is -0.375. The van der Waals surface area contributed by atoms with Crippen molar-refractivity contribution in [2.24, 2.45) is 0 Å². The normalized spacial score (nSPS) is 15.0. The lowest BCUT2D eigenvalue weighted by atomic mass is 10.1. The van der Waals surface area contributed by atoms with E-state index in [0.717, 1.165) is 18.8 Å². The van der Waals surface area contributed by atoms with Crippen LogP contribution in [-0.2, 0) is 0 Å². The number of rotatable bonds is 5. The molecule has 26 heavy (non-hydrogen) atoms. The molecule has 2 aromatic rings. The van der Waals surface area contributed by atoms with Gasteiger partial charge in [0, 0.05) is 49.9 Å². The standard InChI is InChI=1S/C20H24N4O2/c1-15(14-21-2)20(26)19-18(25)10-13-24(22-19)17-8-6-16(7-9-17)23-11-4-3-5-12-23/h6-10,13-14,21H,3-5,11-12H2,1-2H3/b15-14+. The summed E-state index contributed by atoms with van der Waals surface area (Å²) in [4.78, 5) is 26.9. The molecule has 0 amide bonds. The molecule has 136 valence electrons. The fourth-order valence-corrected chi connectivity index (χ4v) is 3.15. The molecule has 1 aromatic heterocycles. The van der Waals surface area contributed by atoms with Crippen LogP contribution in [0.2, 0.25) is 0 Å². The summed E-state index contributed by atoms with van der Waals surface area (Å²) >= 11 is 0. The van der Waals surface area contributed by atoms with Crippen LogP contribution in [0, 0.1) is 0 Å². The van der Waals surface area contributed by atoms with Crippen molar-refractivity contribution in [1.29, 1.82) is 0 Å². The number of hydrogen-bond acceptors (Lipinski definition) is 5. The van der Waals surface area contributed by atoms with Gasteiger partial charge in [0.1, 0.15) is 0 Å². The Morgan fingerprint density at radius 2 is 1.73 bits per heavy atom. The van der Waals surface area contributed by atoms with E-state index in [1.54, 1.807) is 31.1 Å². The van der Waals surface area contributed by atoms with Crippen LogP contribution in [0.1, 0.15) is 36.7 Å². The van der Waals surface area contributed by atoms with Crippen LogP contribution in [0.25, 0.3) is 5.69 Å². The van der Waals surface area contributed by atoms with Gasteiger partial charge < -0.3 is 10.2 Å². The average molecular weight is 352 g/mol. The van der Waals surface area contributed by atoms with E-state index in [1.165, 1.54) is 31.0 Å². The first-order valence-corrected chi connectivity index (χ1v) is 8.94. The van der Waals surface area contributed by atoms with Gasteiger partial charge in [0.05, 0.1) is 5.69 Å². The molecule has 1 aromatic carbocycles. The molecular formula is C20H24N4O2. The van der Waals surface area contributed by atoms with Crippen molar-refractivity contribution in [2.45, 2.75) is 26.2 Å². The van der Waals surface area contributed by atoms with Crippen molar-refractivity contribution in [2.75, 3.05) is 25.0 Å². The smallest absolute Gasteiger partial charge is 0.214 e. The highest BCUT2D eigenvalue weighted by atomic mass is 16.1. The highest BCUT2D eigenvalue weighted by Gasteiger charge is 2.15. The number of anilines is 1. The molecule has 0 spiro atoms. The average Bonchev–Trinajstić information content (AvgIpc) is 2.69. The molecule has 1 aliphatic rings. The summed E-state index contributed by atoms with van der Waals surface area (Å²) in [6.45, 7) is 3.83. The lowest BCUT2D eigenvalue weighted by molar-refractivity contribution is 0.102. The van der Waals surface area contributed by atoms with E-state index >= 15 is 0 Å². The molecule has 1 N–H and O–H groups in total. The van der Waals surface area contributed by atoms with Crippen LogP contribution in [0.3, 0.4) is 0 Å². The summed E-state index contributed by atoms with van der Waals surface area (Å²) in [5.74, 6) is -0.372. The van der Waals surface area contributed by atoms with Crippen molar-refractivity contribution in [3.63, 3.8) is 0 Å². The molecule has 0 saturated carbocycles. The summed E-state index contributed by atoms with van der Waals surface area (Å²) in [5.41, 5.74) is 2.00. The molecule has 0 atom stereocenters. The Morgan fingerprint density at radius 1 is 1.08 bits per heavy atom. The highest BCUT2D eigenvalue weighted by Crippen LogP contribution is 2.21. The molecule has 1 saturated heterocycles. The zero-order valence-corrected chi connectivity index (χ0v) is 15.2. The summed E-state index contributed by atoms with van der Waals surface area (Å²) in [6, 6.07) is 9.44. The second-order valence-corrected chi connectivity index (χ2v) is 6.48. The van der Waals surface area contributed by atoms with Crippen molar-refractivity contribution < 1.29 is 4.79 Å². The number of allylic oxidation sites excluding steroid dienone is 1. The fourth-order valence-electron chi connectivity index (χ4n) is 3.15. The van der Waals surface area contributed by atoms with Gasteiger partial charge in [-0.2, -0.15) is 5.10 Å². The zero-order valence-electron chi connectivity index (χ0n) is 15.2. The molecule has 0 bridgehead atoms. The maximum atomic E-state index is 12.4. The van der Waals surface area contributed by atoms with E-state index < -0.39 is 0 Å². The number of piperidine rings is 1. The Kier molecular flexibility index (Phi) is 5.51. The number of aromatic nitrogens is 2. The zero-order chi connectivity index (χ0) is 18.5. The van der Waals surface area contributed by atoms with E-state index in [-0.39, 0.29) is 16.9 Å². The molecule has 3 rings (SSSR count). The fraction of sp³-hybridized carbons (Fsp3) is 0.350. The molecule has 0 aliphatic carbocycles. The van der Waals surface area contributed by atoms with Gasteiger partial charge in [0.2, 0.25) is 11.2 Å². The van der Waals surface area contributed by atoms with Crippen molar-refractivity contribution >= 4 is 11.5 Å². The SMILES string of the molecule is CN/C=C(\C)C(=O)c1nn(-c2ccc(N3CCCCC3)cc2)ccc1=O. The number of ketones is 1. The van der Waals surface area contributed by atoms with Crippen LogP contribution < -0.4 is 15.6 Å². The molecular weight excluding hydrogens is 328 g/mol. The first-order chi connectivity index (χ1) is 12.6. The number of nitrogens with one attached hydrogen (secondary N) is 1. The van der Waals surface area contributed by atoms with Gasteiger partial charge >= 0.3 is 0 Å².